The van der Waals surface area contributed by atoms with Crippen LogP contribution in [0.3, 0.4) is 0 Å². The van der Waals surface area contributed by atoms with Gasteiger partial charge in [-0.1, -0.05) is 19.1 Å². The van der Waals surface area contributed by atoms with E-state index in [1.807, 2.05) is 48.7 Å². The maximum Gasteiger partial charge on any atom is 0.573 e. The summed E-state index contributed by atoms with van der Waals surface area (Å²) in [4.78, 5) is 22.1. The van der Waals surface area contributed by atoms with E-state index in [2.05, 4.69) is 37.0 Å². The third kappa shape index (κ3) is 6.10. The number of pyridine rings is 1. The van der Waals surface area contributed by atoms with Gasteiger partial charge >= 0.3 is 6.36 Å². The van der Waals surface area contributed by atoms with Gasteiger partial charge in [-0.3, -0.25) is 9.20 Å². The first-order chi connectivity index (χ1) is 18.7. The van der Waals surface area contributed by atoms with Gasteiger partial charge in [0.05, 0.1) is 5.69 Å². The van der Waals surface area contributed by atoms with Crippen LogP contribution in [0.5, 0.6) is 5.75 Å². The van der Waals surface area contributed by atoms with Crippen molar-refractivity contribution in [3.8, 4) is 5.75 Å². The van der Waals surface area contributed by atoms with Crippen LogP contribution < -0.4 is 19.9 Å². The molecule has 1 saturated heterocycles. The van der Waals surface area contributed by atoms with Gasteiger partial charge in [0.25, 0.3) is 5.91 Å². The lowest BCUT2D eigenvalue weighted by atomic mass is 10.1. The molecule has 4 aromatic rings. The van der Waals surface area contributed by atoms with Crippen molar-refractivity contribution in [3.63, 3.8) is 0 Å². The first-order valence-electron chi connectivity index (χ1n) is 12.9. The van der Waals surface area contributed by atoms with Gasteiger partial charge in [0.1, 0.15) is 17.1 Å². The van der Waals surface area contributed by atoms with Crippen molar-refractivity contribution in [1.82, 2.24) is 14.7 Å². The molecule has 0 bridgehead atoms. The summed E-state index contributed by atoms with van der Waals surface area (Å²) in [5.41, 5.74) is 6.16. The Balaban J connectivity index is 1.15. The van der Waals surface area contributed by atoms with Gasteiger partial charge in [-0.25, -0.2) is 4.98 Å². The highest BCUT2D eigenvalue weighted by molar-refractivity contribution is 5.94. The third-order valence-electron chi connectivity index (χ3n) is 6.87. The SMILES string of the molecule is CCc1nc2cc(C)ccn2c1C(=O)NCc1ccc(N2CCN(c3ccc(OC(F)(F)F)cc3)CC2)cc1. The smallest absolute Gasteiger partial charge is 0.406 e. The van der Waals surface area contributed by atoms with Crippen molar-refractivity contribution in [3.05, 3.63) is 89.4 Å². The molecule has 204 valence electrons. The van der Waals surface area contributed by atoms with Gasteiger partial charge in [0.2, 0.25) is 0 Å². The minimum absolute atomic E-state index is 0.151. The number of carbonyl (C=O) groups is 1. The molecule has 0 atom stereocenters. The number of rotatable bonds is 7. The first-order valence-corrected chi connectivity index (χ1v) is 12.9. The van der Waals surface area contributed by atoms with Crippen LogP contribution in [0.15, 0.2) is 66.9 Å². The van der Waals surface area contributed by atoms with E-state index in [1.165, 1.54) is 12.1 Å². The maximum atomic E-state index is 13.1. The molecule has 1 fully saturated rings. The number of hydrogen-bond donors (Lipinski definition) is 1. The fraction of sp³-hybridized carbons (Fsp3) is 0.310. The molecule has 1 aliphatic heterocycles. The van der Waals surface area contributed by atoms with Crippen molar-refractivity contribution < 1.29 is 22.7 Å². The van der Waals surface area contributed by atoms with Gasteiger partial charge in [-0.05, 0) is 73.0 Å². The van der Waals surface area contributed by atoms with Crippen molar-refractivity contribution in [2.75, 3.05) is 36.0 Å². The molecule has 1 aliphatic rings. The number of nitrogens with zero attached hydrogens (tertiary/aromatic N) is 4. The zero-order valence-corrected chi connectivity index (χ0v) is 21.8. The van der Waals surface area contributed by atoms with Gasteiger partial charge in [-0.15, -0.1) is 13.2 Å². The van der Waals surface area contributed by atoms with Gasteiger partial charge in [0.15, 0.2) is 0 Å². The Morgan fingerprint density at radius 1 is 0.949 bits per heavy atom. The van der Waals surface area contributed by atoms with E-state index in [0.717, 1.165) is 60.0 Å². The Hall–Kier alpha value is -4.21. The number of alkyl halides is 3. The van der Waals surface area contributed by atoms with Gasteiger partial charge < -0.3 is 19.9 Å². The molecular formula is C29H30F3N5O2. The number of benzene rings is 2. The topological polar surface area (TPSA) is 62.1 Å². The second-order valence-electron chi connectivity index (χ2n) is 9.56. The minimum atomic E-state index is -4.69. The van der Waals surface area contributed by atoms with E-state index >= 15 is 0 Å². The molecule has 10 heteroatoms. The highest BCUT2D eigenvalue weighted by atomic mass is 19.4. The van der Waals surface area contributed by atoms with E-state index < -0.39 is 6.36 Å². The van der Waals surface area contributed by atoms with E-state index in [9.17, 15) is 18.0 Å². The van der Waals surface area contributed by atoms with Gasteiger partial charge in [0, 0.05) is 50.3 Å². The molecule has 0 saturated carbocycles. The van der Waals surface area contributed by atoms with E-state index in [1.54, 1.807) is 12.1 Å². The Morgan fingerprint density at radius 3 is 2.10 bits per heavy atom. The molecule has 0 aliphatic carbocycles. The lowest BCUT2D eigenvalue weighted by Crippen LogP contribution is -2.46. The average Bonchev–Trinajstić information content (AvgIpc) is 3.29. The Labute approximate surface area is 224 Å². The van der Waals surface area contributed by atoms with E-state index in [4.69, 9.17) is 0 Å². The summed E-state index contributed by atoms with van der Waals surface area (Å²) < 4.78 is 43.0. The normalized spacial score (nSPS) is 14.1. The van der Waals surface area contributed by atoms with Crippen LogP contribution in [0.25, 0.3) is 5.65 Å². The van der Waals surface area contributed by atoms with Crippen LogP contribution in [-0.4, -0.2) is 47.8 Å². The summed E-state index contributed by atoms with van der Waals surface area (Å²) in [5.74, 6) is -0.373. The zero-order chi connectivity index (χ0) is 27.6. The standard InChI is InChI=1S/C29H30F3N5O2/c1-3-25-27(37-13-12-20(2)18-26(37)34-25)28(38)33-19-21-4-6-22(7-5-21)35-14-16-36(17-15-35)23-8-10-24(11-9-23)39-29(30,31)32/h4-13,18H,3,14-17,19H2,1-2H3,(H,33,38). The van der Waals surface area contributed by atoms with Crippen LogP contribution in [-0.2, 0) is 13.0 Å². The second kappa shape index (κ2) is 10.9. The first kappa shape index (κ1) is 26.4. The number of ether oxygens (including phenoxy) is 1. The number of piperazine rings is 1. The molecule has 7 nitrogen and oxygen atoms in total. The molecule has 0 unspecified atom stereocenters. The van der Waals surface area contributed by atoms with Crippen molar-refractivity contribution in [1.29, 1.82) is 0 Å². The summed E-state index contributed by atoms with van der Waals surface area (Å²) in [6.45, 7) is 7.46. The number of carbonyl (C=O) groups excluding carboxylic acids is 1. The number of nitrogens with one attached hydrogen (secondary N) is 1. The van der Waals surface area contributed by atoms with Gasteiger partial charge in [-0.2, -0.15) is 0 Å². The number of anilines is 2. The van der Waals surface area contributed by atoms with Crippen molar-refractivity contribution in [2.24, 2.45) is 0 Å². The number of fused-ring (bicyclic) bond motifs is 1. The monoisotopic (exact) mass is 537 g/mol. The van der Waals surface area contributed by atoms with E-state index in [0.29, 0.717) is 18.7 Å². The van der Waals surface area contributed by atoms with Crippen LogP contribution in [0, 0.1) is 6.92 Å². The Morgan fingerprint density at radius 2 is 1.54 bits per heavy atom. The molecule has 5 rings (SSSR count). The number of aryl methyl sites for hydroxylation is 2. The molecule has 1 amide bonds. The highest BCUT2D eigenvalue weighted by Crippen LogP contribution is 2.27. The molecule has 3 heterocycles. The molecule has 0 spiro atoms. The second-order valence-corrected chi connectivity index (χ2v) is 9.56. The summed E-state index contributed by atoms with van der Waals surface area (Å²) in [6.07, 6.45) is -2.14. The van der Waals surface area contributed by atoms with Crippen LogP contribution in [0.4, 0.5) is 24.5 Å². The molecule has 2 aromatic carbocycles. The fourth-order valence-corrected chi connectivity index (χ4v) is 4.85. The predicted molar refractivity (Wildman–Crippen MR) is 144 cm³/mol. The minimum Gasteiger partial charge on any atom is -0.406 e. The number of hydrogen-bond acceptors (Lipinski definition) is 5. The lowest BCUT2D eigenvalue weighted by molar-refractivity contribution is -0.274. The summed E-state index contributed by atoms with van der Waals surface area (Å²) in [5, 5.41) is 3.03. The molecule has 39 heavy (non-hydrogen) atoms. The molecule has 1 N–H and O–H groups in total. The molecular weight excluding hydrogens is 507 g/mol. The number of halogens is 3. The molecule has 0 radical (unpaired) electrons. The summed E-state index contributed by atoms with van der Waals surface area (Å²) in [6, 6.07) is 18.0. The van der Waals surface area contributed by atoms with Crippen LogP contribution in [0.2, 0.25) is 0 Å². The van der Waals surface area contributed by atoms with Crippen LogP contribution in [0.1, 0.15) is 34.2 Å². The van der Waals surface area contributed by atoms with Crippen molar-refractivity contribution in [2.45, 2.75) is 33.2 Å². The van der Waals surface area contributed by atoms with Crippen molar-refractivity contribution >= 4 is 22.9 Å². The molecule has 2 aromatic heterocycles. The maximum absolute atomic E-state index is 13.1. The average molecular weight is 538 g/mol. The third-order valence-corrected chi connectivity index (χ3v) is 6.87. The largest absolute Gasteiger partial charge is 0.573 e. The lowest BCUT2D eigenvalue weighted by Gasteiger charge is -2.37. The summed E-state index contributed by atoms with van der Waals surface area (Å²) in [7, 11) is 0. The Bertz CT molecular complexity index is 1440. The number of imidazole rings is 1. The fourth-order valence-electron chi connectivity index (χ4n) is 4.85. The zero-order valence-electron chi connectivity index (χ0n) is 21.8. The number of amides is 1. The van der Waals surface area contributed by atoms with E-state index in [-0.39, 0.29) is 11.7 Å². The highest BCUT2D eigenvalue weighted by Gasteiger charge is 2.31. The Kier molecular flexibility index (Phi) is 7.36. The summed E-state index contributed by atoms with van der Waals surface area (Å²) >= 11 is 0. The van der Waals surface area contributed by atoms with Crippen LogP contribution >= 0.6 is 0 Å². The number of aromatic nitrogens is 2. The quantitative estimate of drug-likeness (QED) is 0.344. The predicted octanol–water partition coefficient (Wildman–Crippen LogP) is 5.36.